The van der Waals surface area contributed by atoms with Gasteiger partial charge in [0.2, 0.25) is 0 Å². The second-order valence-electron chi connectivity index (χ2n) is 6.29. The average molecular weight is 387 g/mol. The Morgan fingerprint density at radius 1 is 0.885 bits per heavy atom. The molecular formula is C20H20Cl2N4. The van der Waals surface area contributed by atoms with Crippen LogP contribution in [0.5, 0.6) is 0 Å². The van der Waals surface area contributed by atoms with Crippen molar-refractivity contribution in [3.05, 3.63) is 77.2 Å². The van der Waals surface area contributed by atoms with Crippen LogP contribution in [0.1, 0.15) is 24.1 Å². The molecule has 134 valence electrons. The molecule has 0 atom stereocenters. The number of pyridine rings is 1. The highest BCUT2D eigenvalue weighted by Crippen LogP contribution is 2.42. The molecule has 0 unspecified atom stereocenters. The molecular weight excluding hydrogens is 367 g/mol. The Labute approximate surface area is 164 Å². The summed E-state index contributed by atoms with van der Waals surface area (Å²) in [7, 11) is 0. The second-order valence-corrected chi connectivity index (χ2v) is 6.70. The fourth-order valence-electron chi connectivity index (χ4n) is 3.61. The van der Waals surface area contributed by atoms with Crippen molar-refractivity contribution >= 4 is 24.0 Å². The van der Waals surface area contributed by atoms with Crippen molar-refractivity contribution in [2.45, 2.75) is 18.3 Å². The third-order valence-corrected chi connectivity index (χ3v) is 5.22. The van der Waals surface area contributed by atoms with Crippen molar-refractivity contribution in [1.82, 2.24) is 20.3 Å². The Kier molecular flexibility index (Phi) is 5.87. The lowest BCUT2D eigenvalue weighted by Gasteiger charge is -2.38. The molecule has 4 nitrogen and oxygen atoms in total. The van der Waals surface area contributed by atoms with Gasteiger partial charge in [-0.2, -0.15) is 0 Å². The third-order valence-electron chi connectivity index (χ3n) is 4.89. The number of benzene rings is 1. The van der Waals surface area contributed by atoms with E-state index in [1.807, 2.05) is 48.7 Å². The molecule has 0 saturated carbocycles. The molecule has 4 rings (SSSR count). The van der Waals surface area contributed by atoms with E-state index in [2.05, 4.69) is 21.4 Å². The molecule has 1 aliphatic rings. The van der Waals surface area contributed by atoms with E-state index in [4.69, 9.17) is 16.6 Å². The maximum atomic E-state index is 6.58. The van der Waals surface area contributed by atoms with Gasteiger partial charge in [0.05, 0.1) is 5.69 Å². The molecule has 0 spiro atoms. The Hall–Kier alpha value is -2.01. The molecule has 1 saturated heterocycles. The van der Waals surface area contributed by atoms with Crippen LogP contribution in [0.2, 0.25) is 5.02 Å². The van der Waals surface area contributed by atoms with E-state index >= 15 is 0 Å². The highest BCUT2D eigenvalue weighted by atomic mass is 35.5. The standard InChI is InChI=1S/C20H19ClN4.ClH/c21-16-6-2-1-5-15(16)20(9-13-22-14-10-20)18-8-12-24-19(25-18)17-7-3-4-11-23-17;/h1-8,11-12,22H,9-10,13-14H2;1H. The summed E-state index contributed by atoms with van der Waals surface area (Å²) in [5.41, 5.74) is 2.74. The van der Waals surface area contributed by atoms with Crippen molar-refractivity contribution < 1.29 is 0 Å². The first-order valence-electron chi connectivity index (χ1n) is 8.50. The van der Waals surface area contributed by atoms with Crippen molar-refractivity contribution in [1.29, 1.82) is 0 Å². The molecule has 2 aromatic heterocycles. The molecule has 3 heterocycles. The fourth-order valence-corrected chi connectivity index (χ4v) is 3.93. The minimum absolute atomic E-state index is 0. The first kappa shape index (κ1) is 18.8. The summed E-state index contributed by atoms with van der Waals surface area (Å²) in [6, 6.07) is 15.9. The van der Waals surface area contributed by atoms with Crippen LogP contribution in [0.15, 0.2) is 60.9 Å². The summed E-state index contributed by atoms with van der Waals surface area (Å²) in [6.45, 7) is 1.88. The lowest BCUT2D eigenvalue weighted by molar-refractivity contribution is 0.354. The van der Waals surface area contributed by atoms with E-state index in [-0.39, 0.29) is 17.8 Å². The SMILES string of the molecule is Cl.Clc1ccccc1C1(c2ccnc(-c3ccccn3)n2)CCNCC1. The predicted molar refractivity (Wildman–Crippen MR) is 107 cm³/mol. The molecule has 0 amide bonds. The van der Waals surface area contributed by atoms with Gasteiger partial charge in [0.25, 0.3) is 0 Å². The predicted octanol–water partition coefficient (Wildman–Crippen LogP) is 4.28. The highest BCUT2D eigenvalue weighted by molar-refractivity contribution is 6.31. The molecule has 0 aliphatic carbocycles. The smallest absolute Gasteiger partial charge is 0.178 e. The molecule has 1 aliphatic heterocycles. The van der Waals surface area contributed by atoms with Gasteiger partial charge in [-0.25, -0.2) is 9.97 Å². The van der Waals surface area contributed by atoms with E-state index in [0.29, 0.717) is 5.82 Å². The molecule has 6 heteroatoms. The van der Waals surface area contributed by atoms with Crippen molar-refractivity contribution in [2.75, 3.05) is 13.1 Å². The number of nitrogens with zero attached hydrogens (tertiary/aromatic N) is 3. The quantitative estimate of drug-likeness (QED) is 0.729. The van der Waals surface area contributed by atoms with Gasteiger partial charge in [0, 0.05) is 22.8 Å². The number of piperidine rings is 1. The molecule has 0 radical (unpaired) electrons. The summed E-state index contributed by atoms with van der Waals surface area (Å²) in [4.78, 5) is 13.7. The van der Waals surface area contributed by atoms with E-state index in [0.717, 1.165) is 47.9 Å². The third kappa shape index (κ3) is 3.45. The lowest BCUT2D eigenvalue weighted by Crippen LogP contribution is -2.41. The Morgan fingerprint density at radius 2 is 1.65 bits per heavy atom. The molecule has 1 N–H and O–H groups in total. The van der Waals surface area contributed by atoms with Crippen LogP contribution in [-0.2, 0) is 5.41 Å². The molecule has 1 aromatic carbocycles. The van der Waals surface area contributed by atoms with Crippen LogP contribution in [0.25, 0.3) is 11.5 Å². The fraction of sp³-hybridized carbons (Fsp3) is 0.250. The zero-order valence-corrected chi connectivity index (χ0v) is 15.8. The minimum Gasteiger partial charge on any atom is -0.317 e. The van der Waals surface area contributed by atoms with Gasteiger partial charge in [-0.3, -0.25) is 4.98 Å². The number of aromatic nitrogens is 3. The van der Waals surface area contributed by atoms with Crippen molar-refractivity contribution in [2.24, 2.45) is 0 Å². The Morgan fingerprint density at radius 3 is 2.38 bits per heavy atom. The van der Waals surface area contributed by atoms with Gasteiger partial charge >= 0.3 is 0 Å². The number of halogens is 2. The van der Waals surface area contributed by atoms with Gasteiger partial charge in [-0.05, 0) is 55.8 Å². The van der Waals surface area contributed by atoms with Gasteiger partial charge in [0.15, 0.2) is 5.82 Å². The number of hydrogen-bond acceptors (Lipinski definition) is 4. The molecule has 0 bridgehead atoms. The first-order chi connectivity index (χ1) is 12.3. The number of hydrogen-bond donors (Lipinski definition) is 1. The maximum absolute atomic E-state index is 6.58. The van der Waals surface area contributed by atoms with Gasteiger partial charge in [-0.15, -0.1) is 12.4 Å². The largest absolute Gasteiger partial charge is 0.317 e. The van der Waals surface area contributed by atoms with Crippen molar-refractivity contribution in [3.63, 3.8) is 0 Å². The Balaban J connectivity index is 0.00000196. The van der Waals surface area contributed by atoms with E-state index in [9.17, 15) is 0 Å². The first-order valence-corrected chi connectivity index (χ1v) is 8.88. The van der Waals surface area contributed by atoms with Crippen LogP contribution in [-0.4, -0.2) is 28.0 Å². The zero-order valence-electron chi connectivity index (χ0n) is 14.2. The average Bonchev–Trinajstić information content (AvgIpc) is 2.70. The topological polar surface area (TPSA) is 50.7 Å². The van der Waals surface area contributed by atoms with Crippen LogP contribution in [0.3, 0.4) is 0 Å². The molecule has 3 aromatic rings. The van der Waals surface area contributed by atoms with E-state index < -0.39 is 0 Å². The molecule has 1 fully saturated rings. The summed E-state index contributed by atoms with van der Waals surface area (Å²) in [5.74, 6) is 0.656. The minimum atomic E-state index is -0.198. The van der Waals surface area contributed by atoms with Crippen LogP contribution in [0, 0.1) is 0 Å². The summed E-state index contributed by atoms with van der Waals surface area (Å²) >= 11 is 6.58. The molecule has 26 heavy (non-hydrogen) atoms. The number of rotatable bonds is 3. The number of nitrogens with one attached hydrogen (secondary N) is 1. The van der Waals surface area contributed by atoms with Gasteiger partial charge in [-0.1, -0.05) is 35.9 Å². The van der Waals surface area contributed by atoms with Gasteiger partial charge < -0.3 is 5.32 Å². The second kappa shape index (κ2) is 8.12. The van der Waals surface area contributed by atoms with Crippen LogP contribution < -0.4 is 5.32 Å². The summed E-state index contributed by atoms with van der Waals surface area (Å²) < 4.78 is 0. The lowest BCUT2D eigenvalue weighted by atomic mass is 9.70. The van der Waals surface area contributed by atoms with Crippen LogP contribution >= 0.6 is 24.0 Å². The van der Waals surface area contributed by atoms with E-state index in [1.54, 1.807) is 6.20 Å². The van der Waals surface area contributed by atoms with Crippen molar-refractivity contribution in [3.8, 4) is 11.5 Å². The Bertz CT molecular complexity index is 864. The summed E-state index contributed by atoms with van der Waals surface area (Å²) in [5, 5.41) is 4.24. The summed E-state index contributed by atoms with van der Waals surface area (Å²) in [6.07, 6.45) is 5.50. The highest BCUT2D eigenvalue weighted by Gasteiger charge is 2.38. The van der Waals surface area contributed by atoms with Crippen LogP contribution in [0.4, 0.5) is 0 Å². The van der Waals surface area contributed by atoms with E-state index in [1.165, 1.54) is 0 Å². The zero-order chi connectivity index (χ0) is 17.1. The van der Waals surface area contributed by atoms with Gasteiger partial charge in [0.1, 0.15) is 5.69 Å². The monoisotopic (exact) mass is 386 g/mol. The normalized spacial score (nSPS) is 15.9. The maximum Gasteiger partial charge on any atom is 0.178 e.